The van der Waals surface area contributed by atoms with Crippen LogP contribution in [0.2, 0.25) is 5.02 Å². The van der Waals surface area contributed by atoms with Crippen molar-refractivity contribution < 1.29 is 19.4 Å². The van der Waals surface area contributed by atoms with E-state index in [1.165, 1.54) is 12.0 Å². The number of carbonyl (C=O) groups is 2. The number of amides is 1. The van der Waals surface area contributed by atoms with E-state index < -0.39 is 18.0 Å². The Morgan fingerprint density at radius 1 is 1.20 bits per heavy atom. The van der Waals surface area contributed by atoms with Crippen molar-refractivity contribution in [2.75, 3.05) is 18.6 Å². The van der Waals surface area contributed by atoms with Gasteiger partial charge in [0.05, 0.1) is 5.92 Å². The summed E-state index contributed by atoms with van der Waals surface area (Å²) in [7, 11) is 1.46. The molecule has 5 nitrogen and oxygen atoms in total. The molecule has 0 aromatic heterocycles. The molecule has 25 heavy (non-hydrogen) atoms. The molecular weight excluding hydrogens is 342 g/mol. The molecule has 0 radical (unpaired) electrons. The first-order valence-corrected chi connectivity index (χ1v) is 8.29. The highest BCUT2D eigenvalue weighted by molar-refractivity contribution is 6.30. The monoisotopic (exact) mass is 359 g/mol. The summed E-state index contributed by atoms with van der Waals surface area (Å²) in [6, 6.07) is 14.2. The van der Waals surface area contributed by atoms with Gasteiger partial charge in [-0.3, -0.25) is 9.59 Å². The van der Waals surface area contributed by atoms with Gasteiger partial charge in [-0.2, -0.15) is 0 Å². The van der Waals surface area contributed by atoms with Gasteiger partial charge in [0.1, 0.15) is 0 Å². The molecule has 1 amide bonds. The zero-order chi connectivity index (χ0) is 18.0. The summed E-state index contributed by atoms with van der Waals surface area (Å²) in [6.07, 6.45) is -0.411. The van der Waals surface area contributed by atoms with Crippen molar-refractivity contribution in [1.82, 2.24) is 0 Å². The number of hydrogen-bond acceptors (Lipinski definition) is 3. The lowest BCUT2D eigenvalue weighted by atomic mass is 9.92. The molecule has 1 N–H and O–H groups in total. The van der Waals surface area contributed by atoms with Crippen LogP contribution in [0.1, 0.15) is 17.2 Å². The number of methoxy groups -OCH3 is 1. The number of nitrogens with zero attached hydrogens (tertiary/aromatic N) is 1. The minimum atomic E-state index is -0.909. The normalized spacial score (nSPS) is 17.7. The van der Waals surface area contributed by atoms with Crippen molar-refractivity contribution in [1.29, 1.82) is 0 Å². The van der Waals surface area contributed by atoms with E-state index in [0.717, 1.165) is 11.3 Å². The average molecular weight is 360 g/mol. The molecule has 1 aliphatic rings. The molecule has 0 fully saturated rings. The summed E-state index contributed by atoms with van der Waals surface area (Å²) in [4.78, 5) is 26.1. The molecule has 0 saturated heterocycles. The Bertz CT molecular complexity index is 790. The summed E-state index contributed by atoms with van der Waals surface area (Å²) in [5.41, 5.74) is 2.26. The van der Waals surface area contributed by atoms with Gasteiger partial charge >= 0.3 is 5.97 Å². The number of para-hydroxylation sites is 1. The van der Waals surface area contributed by atoms with Crippen molar-refractivity contribution in [2.24, 2.45) is 5.92 Å². The van der Waals surface area contributed by atoms with E-state index in [1.807, 2.05) is 24.3 Å². The number of benzene rings is 2. The fourth-order valence-electron chi connectivity index (χ4n) is 3.13. The summed E-state index contributed by atoms with van der Waals surface area (Å²) in [5, 5.41) is 9.99. The van der Waals surface area contributed by atoms with Crippen molar-refractivity contribution in [3.63, 3.8) is 0 Å². The largest absolute Gasteiger partial charge is 0.481 e. The first-order chi connectivity index (χ1) is 12.0. The van der Waals surface area contributed by atoms with Crippen LogP contribution >= 0.6 is 11.6 Å². The van der Waals surface area contributed by atoms with Crippen molar-refractivity contribution in [3.05, 3.63) is 64.7 Å². The third-order valence-corrected chi connectivity index (χ3v) is 4.65. The van der Waals surface area contributed by atoms with Gasteiger partial charge in [0.25, 0.3) is 5.91 Å². The molecule has 2 aromatic rings. The highest BCUT2D eigenvalue weighted by atomic mass is 35.5. The maximum atomic E-state index is 13.1. The summed E-state index contributed by atoms with van der Waals surface area (Å²) in [6.45, 7) is 0.124. The lowest BCUT2D eigenvalue weighted by Gasteiger charge is -2.34. The van der Waals surface area contributed by atoms with Gasteiger partial charge in [0, 0.05) is 24.4 Å². The molecule has 2 aromatic carbocycles. The van der Waals surface area contributed by atoms with Crippen LogP contribution in [0.25, 0.3) is 0 Å². The van der Waals surface area contributed by atoms with Crippen LogP contribution < -0.4 is 4.90 Å². The van der Waals surface area contributed by atoms with Crippen molar-refractivity contribution in [2.45, 2.75) is 12.5 Å². The Morgan fingerprint density at radius 3 is 2.52 bits per heavy atom. The van der Waals surface area contributed by atoms with Gasteiger partial charge in [0.2, 0.25) is 0 Å². The Balaban J connectivity index is 1.96. The second-order valence-electron chi connectivity index (χ2n) is 5.98. The molecule has 2 atom stereocenters. The minimum Gasteiger partial charge on any atom is -0.481 e. The van der Waals surface area contributed by atoms with Crippen LogP contribution in [-0.4, -0.2) is 30.6 Å². The predicted octanol–water partition coefficient (Wildman–Crippen LogP) is 3.32. The third-order valence-electron chi connectivity index (χ3n) is 4.40. The lowest BCUT2D eigenvalue weighted by molar-refractivity contribution is -0.141. The van der Waals surface area contributed by atoms with Gasteiger partial charge in [-0.15, -0.1) is 0 Å². The standard InChI is InChI=1S/C19H18ClNO4/c1-25-17(12-6-8-15(20)9-7-12)18(22)21-11-14(19(23)24)10-13-4-2-3-5-16(13)21/h2-9,14,17H,10-11H2,1H3,(H,23,24). The van der Waals surface area contributed by atoms with E-state index in [-0.39, 0.29) is 12.5 Å². The highest BCUT2D eigenvalue weighted by Crippen LogP contribution is 2.33. The topological polar surface area (TPSA) is 66.8 Å². The number of carboxylic acid groups (broad SMARTS) is 1. The molecule has 2 unspecified atom stereocenters. The number of halogens is 1. The van der Waals surface area contributed by atoms with E-state index in [0.29, 0.717) is 17.0 Å². The first-order valence-electron chi connectivity index (χ1n) is 7.91. The zero-order valence-corrected chi connectivity index (χ0v) is 14.4. The smallest absolute Gasteiger partial charge is 0.308 e. The molecular formula is C19H18ClNO4. The van der Waals surface area contributed by atoms with E-state index in [9.17, 15) is 14.7 Å². The Morgan fingerprint density at radius 2 is 1.88 bits per heavy atom. The van der Waals surface area contributed by atoms with Gasteiger partial charge in [-0.1, -0.05) is 41.9 Å². The van der Waals surface area contributed by atoms with Crippen LogP contribution in [0.3, 0.4) is 0 Å². The van der Waals surface area contributed by atoms with E-state index in [2.05, 4.69) is 0 Å². The number of ether oxygens (including phenoxy) is 1. The molecule has 0 saturated carbocycles. The molecule has 1 aliphatic heterocycles. The van der Waals surface area contributed by atoms with Crippen molar-refractivity contribution >= 4 is 29.2 Å². The molecule has 1 heterocycles. The number of carboxylic acids is 1. The predicted molar refractivity (Wildman–Crippen MR) is 94.8 cm³/mol. The summed E-state index contributed by atoms with van der Waals surface area (Å²) >= 11 is 5.91. The Hall–Kier alpha value is -2.37. The van der Waals surface area contributed by atoms with Gasteiger partial charge < -0.3 is 14.7 Å². The first kappa shape index (κ1) is 17.5. The molecule has 6 heteroatoms. The fraction of sp³-hybridized carbons (Fsp3) is 0.263. The van der Waals surface area contributed by atoms with Crippen LogP contribution in [0.5, 0.6) is 0 Å². The minimum absolute atomic E-state index is 0.124. The molecule has 3 rings (SSSR count). The summed E-state index contributed by atoms with van der Waals surface area (Å²) in [5.74, 6) is -1.84. The van der Waals surface area contributed by atoms with E-state index >= 15 is 0 Å². The molecule has 130 valence electrons. The van der Waals surface area contributed by atoms with E-state index in [1.54, 1.807) is 24.3 Å². The second-order valence-corrected chi connectivity index (χ2v) is 6.42. The molecule has 0 spiro atoms. The van der Waals surface area contributed by atoms with Crippen LogP contribution in [0.4, 0.5) is 5.69 Å². The highest BCUT2D eigenvalue weighted by Gasteiger charge is 2.35. The second kappa shape index (κ2) is 7.25. The average Bonchev–Trinajstić information content (AvgIpc) is 2.62. The van der Waals surface area contributed by atoms with Gasteiger partial charge in [-0.05, 0) is 35.7 Å². The number of aliphatic carboxylic acids is 1. The number of anilines is 1. The van der Waals surface area contributed by atoms with Gasteiger partial charge in [0.15, 0.2) is 6.10 Å². The third kappa shape index (κ3) is 3.52. The van der Waals surface area contributed by atoms with Crippen molar-refractivity contribution in [3.8, 4) is 0 Å². The van der Waals surface area contributed by atoms with Crippen LogP contribution in [0, 0.1) is 5.92 Å². The molecule has 0 aliphatic carbocycles. The number of rotatable bonds is 4. The molecule has 0 bridgehead atoms. The lowest BCUT2D eigenvalue weighted by Crippen LogP contribution is -2.45. The zero-order valence-electron chi connectivity index (χ0n) is 13.7. The Kier molecular flexibility index (Phi) is 5.06. The maximum absolute atomic E-state index is 13.1. The van der Waals surface area contributed by atoms with E-state index in [4.69, 9.17) is 16.3 Å². The van der Waals surface area contributed by atoms with Gasteiger partial charge in [-0.25, -0.2) is 0 Å². The summed E-state index contributed by atoms with van der Waals surface area (Å²) < 4.78 is 5.42. The Labute approximate surface area is 150 Å². The fourth-order valence-corrected chi connectivity index (χ4v) is 3.25. The number of carbonyl (C=O) groups excluding carboxylic acids is 1. The SMILES string of the molecule is COC(C(=O)N1CC(C(=O)O)Cc2ccccc21)c1ccc(Cl)cc1. The maximum Gasteiger partial charge on any atom is 0.308 e. The van der Waals surface area contributed by atoms with Crippen LogP contribution in [-0.2, 0) is 20.7 Å². The number of hydrogen-bond donors (Lipinski definition) is 1. The number of fused-ring (bicyclic) bond motifs is 1. The quantitative estimate of drug-likeness (QED) is 0.909. The van der Waals surface area contributed by atoms with Crippen LogP contribution in [0.15, 0.2) is 48.5 Å².